The van der Waals surface area contributed by atoms with Gasteiger partial charge in [0.15, 0.2) is 11.5 Å². The van der Waals surface area contributed by atoms with Gasteiger partial charge in [0.05, 0.1) is 14.2 Å². The van der Waals surface area contributed by atoms with Gasteiger partial charge in [0, 0.05) is 13.1 Å². The van der Waals surface area contributed by atoms with Gasteiger partial charge >= 0.3 is 0 Å². The van der Waals surface area contributed by atoms with Crippen molar-refractivity contribution in [2.24, 2.45) is 0 Å². The summed E-state index contributed by atoms with van der Waals surface area (Å²) in [6, 6.07) is 15.7. The normalized spacial score (nSPS) is 10.2. The van der Waals surface area contributed by atoms with Crippen LogP contribution in [0.2, 0.25) is 0 Å². The van der Waals surface area contributed by atoms with E-state index in [0.29, 0.717) is 6.61 Å². The number of hydrogen-bond acceptors (Lipinski definition) is 4. The lowest BCUT2D eigenvalue weighted by atomic mass is 10.2. The molecule has 0 saturated carbocycles. The molecule has 112 valence electrons. The zero-order valence-electron chi connectivity index (χ0n) is 12.5. The molecule has 0 radical (unpaired) electrons. The smallest absolute Gasteiger partial charge is 0.161 e. The van der Waals surface area contributed by atoms with Gasteiger partial charge in [-0.05, 0) is 29.8 Å². The van der Waals surface area contributed by atoms with E-state index in [4.69, 9.17) is 14.2 Å². The van der Waals surface area contributed by atoms with Crippen LogP contribution in [0.5, 0.6) is 17.2 Å². The van der Waals surface area contributed by atoms with Crippen LogP contribution in [0.25, 0.3) is 0 Å². The number of nitrogens with one attached hydrogen (secondary N) is 1. The second kappa shape index (κ2) is 8.17. The average Bonchev–Trinajstić information content (AvgIpc) is 2.55. The molecule has 21 heavy (non-hydrogen) atoms. The van der Waals surface area contributed by atoms with Gasteiger partial charge in [-0.15, -0.1) is 0 Å². The van der Waals surface area contributed by atoms with Crippen molar-refractivity contribution in [3.05, 3.63) is 54.1 Å². The molecular formula is C17H21NO3. The van der Waals surface area contributed by atoms with Crippen molar-refractivity contribution in [2.45, 2.75) is 6.54 Å². The number of benzene rings is 2. The van der Waals surface area contributed by atoms with Crippen molar-refractivity contribution in [3.8, 4) is 17.2 Å². The molecule has 2 rings (SSSR count). The van der Waals surface area contributed by atoms with Gasteiger partial charge in [-0.25, -0.2) is 0 Å². The standard InChI is InChI=1S/C17H21NO3/c1-19-15-9-7-14(8-10-15)13-18-11-12-21-17-6-4-3-5-16(17)20-2/h3-10,18H,11-13H2,1-2H3. The molecule has 0 fully saturated rings. The molecule has 4 nitrogen and oxygen atoms in total. The molecule has 0 aliphatic carbocycles. The predicted molar refractivity (Wildman–Crippen MR) is 83.2 cm³/mol. The van der Waals surface area contributed by atoms with E-state index in [1.54, 1.807) is 14.2 Å². The second-order valence-electron chi connectivity index (χ2n) is 4.52. The lowest BCUT2D eigenvalue weighted by molar-refractivity contribution is 0.292. The zero-order chi connectivity index (χ0) is 14.9. The Bertz CT molecular complexity index is 540. The first kappa shape index (κ1) is 15.2. The predicted octanol–water partition coefficient (Wildman–Crippen LogP) is 2.87. The first-order valence-electron chi connectivity index (χ1n) is 6.93. The Labute approximate surface area is 125 Å². The van der Waals surface area contributed by atoms with E-state index in [1.165, 1.54) is 5.56 Å². The number of para-hydroxylation sites is 2. The van der Waals surface area contributed by atoms with Gasteiger partial charge in [-0.1, -0.05) is 24.3 Å². The van der Waals surface area contributed by atoms with Crippen LogP contribution in [0.15, 0.2) is 48.5 Å². The molecule has 2 aromatic carbocycles. The third-order valence-electron chi connectivity index (χ3n) is 3.09. The topological polar surface area (TPSA) is 39.7 Å². The summed E-state index contributed by atoms with van der Waals surface area (Å²) in [6.07, 6.45) is 0. The summed E-state index contributed by atoms with van der Waals surface area (Å²) in [5.41, 5.74) is 1.22. The molecular weight excluding hydrogens is 266 g/mol. The highest BCUT2D eigenvalue weighted by molar-refractivity contribution is 5.39. The summed E-state index contributed by atoms with van der Waals surface area (Å²) in [6.45, 7) is 2.17. The van der Waals surface area contributed by atoms with Crippen LogP contribution in [-0.4, -0.2) is 27.4 Å². The van der Waals surface area contributed by atoms with Crippen molar-refractivity contribution in [3.63, 3.8) is 0 Å². The summed E-state index contributed by atoms with van der Waals surface area (Å²) in [4.78, 5) is 0. The summed E-state index contributed by atoms with van der Waals surface area (Å²) in [5.74, 6) is 2.40. The number of hydrogen-bond donors (Lipinski definition) is 1. The van der Waals surface area contributed by atoms with Gasteiger partial charge in [0.1, 0.15) is 12.4 Å². The first-order chi connectivity index (χ1) is 10.3. The van der Waals surface area contributed by atoms with Crippen LogP contribution < -0.4 is 19.5 Å². The fourth-order valence-corrected chi connectivity index (χ4v) is 1.95. The second-order valence-corrected chi connectivity index (χ2v) is 4.52. The molecule has 4 heteroatoms. The van der Waals surface area contributed by atoms with Gasteiger partial charge in [0.2, 0.25) is 0 Å². The SMILES string of the molecule is COc1ccc(CNCCOc2ccccc2OC)cc1. The molecule has 0 heterocycles. The van der Waals surface area contributed by atoms with Crippen LogP contribution in [0.1, 0.15) is 5.56 Å². The van der Waals surface area contributed by atoms with Crippen LogP contribution in [0.3, 0.4) is 0 Å². The maximum atomic E-state index is 5.69. The Morgan fingerprint density at radius 3 is 2.24 bits per heavy atom. The maximum Gasteiger partial charge on any atom is 0.161 e. The number of methoxy groups -OCH3 is 2. The van der Waals surface area contributed by atoms with E-state index in [9.17, 15) is 0 Å². The highest BCUT2D eigenvalue weighted by Gasteiger charge is 2.01. The van der Waals surface area contributed by atoms with E-state index in [-0.39, 0.29) is 0 Å². The van der Waals surface area contributed by atoms with E-state index < -0.39 is 0 Å². The van der Waals surface area contributed by atoms with Crippen LogP contribution in [0.4, 0.5) is 0 Å². The van der Waals surface area contributed by atoms with Crippen molar-refractivity contribution >= 4 is 0 Å². The number of rotatable bonds is 8. The maximum absolute atomic E-state index is 5.69. The molecule has 0 unspecified atom stereocenters. The lowest BCUT2D eigenvalue weighted by Crippen LogP contribution is -2.20. The van der Waals surface area contributed by atoms with Gasteiger partial charge in [-0.3, -0.25) is 0 Å². The van der Waals surface area contributed by atoms with E-state index in [1.807, 2.05) is 48.5 Å². The molecule has 0 spiro atoms. The monoisotopic (exact) mass is 287 g/mol. The van der Waals surface area contributed by atoms with Crippen LogP contribution in [0, 0.1) is 0 Å². The summed E-state index contributed by atoms with van der Waals surface area (Å²) < 4.78 is 16.1. The van der Waals surface area contributed by atoms with Gasteiger partial charge < -0.3 is 19.5 Å². The Balaban J connectivity index is 1.70. The molecule has 2 aromatic rings. The molecule has 0 saturated heterocycles. The largest absolute Gasteiger partial charge is 0.497 e. The minimum absolute atomic E-state index is 0.594. The molecule has 1 N–H and O–H groups in total. The number of ether oxygens (including phenoxy) is 3. The van der Waals surface area contributed by atoms with E-state index in [0.717, 1.165) is 30.3 Å². The van der Waals surface area contributed by atoms with Crippen LogP contribution in [-0.2, 0) is 6.54 Å². The highest BCUT2D eigenvalue weighted by atomic mass is 16.5. The third kappa shape index (κ3) is 4.68. The Kier molecular flexibility index (Phi) is 5.91. The van der Waals surface area contributed by atoms with Crippen molar-refractivity contribution in [1.82, 2.24) is 5.32 Å². The summed E-state index contributed by atoms with van der Waals surface area (Å²) >= 11 is 0. The average molecular weight is 287 g/mol. The fraction of sp³-hybridized carbons (Fsp3) is 0.294. The third-order valence-corrected chi connectivity index (χ3v) is 3.09. The zero-order valence-corrected chi connectivity index (χ0v) is 12.5. The fourth-order valence-electron chi connectivity index (χ4n) is 1.95. The minimum atomic E-state index is 0.594. The highest BCUT2D eigenvalue weighted by Crippen LogP contribution is 2.25. The minimum Gasteiger partial charge on any atom is -0.497 e. The molecule has 0 aliphatic heterocycles. The Morgan fingerprint density at radius 1 is 0.857 bits per heavy atom. The first-order valence-corrected chi connectivity index (χ1v) is 6.93. The van der Waals surface area contributed by atoms with E-state index in [2.05, 4.69) is 5.32 Å². The molecule has 0 bridgehead atoms. The van der Waals surface area contributed by atoms with Crippen LogP contribution >= 0.6 is 0 Å². The quantitative estimate of drug-likeness (QED) is 0.758. The molecule has 0 amide bonds. The van der Waals surface area contributed by atoms with Gasteiger partial charge in [0.25, 0.3) is 0 Å². The van der Waals surface area contributed by atoms with Crippen molar-refractivity contribution < 1.29 is 14.2 Å². The van der Waals surface area contributed by atoms with Gasteiger partial charge in [-0.2, -0.15) is 0 Å². The summed E-state index contributed by atoms with van der Waals surface area (Å²) in [7, 11) is 3.31. The van der Waals surface area contributed by atoms with Crippen molar-refractivity contribution in [1.29, 1.82) is 0 Å². The Morgan fingerprint density at radius 2 is 1.57 bits per heavy atom. The molecule has 0 atom stereocenters. The molecule has 0 aliphatic rings. The lowest BCUT2D eigenvalue weighted by Gasteiger charge is -2.11. The Hall–Kier alpha value is -2.20. The van der Waals surface area contributed by atoms with Crippen molar-refractivity contribution in [2.75, 3.05) is 27.4 Å². The van der Waals surface area contributed by atoms with E-state index >= 15 is 0 Å². The summed E-state index contributed by atoms with van der Waals surface area (Å²) in [5, 5.41) is 3.34. The molecule has 0 aromatic heterocycles.